The summed E-state index contributed by atoms with van der Waals surface area (Å²) in [5.74, 6) is 1.60. The Morgan fingerprint density at radius 3 is 2.80 bits per heavy atom. The highest BCUT2D eigenvalue weighted by molar-refractivity contribution is 5.53. The van der Waals surface area contributed by atoms with Crippen LogP contribution < -0.4 is 15.2 Å². The first-order valence-electron chi connectivity index (χ1n) is 6.92. The van der Waals surface area contributed by atoms with Gasteiger partial charge in [0.15, 0.2) is 0 Å². The molecule has 1 atom stereocenters. The van der Waals surface area contributed by atoms with Gasteiger partial charge in [-0.15, -0.1) is 0 Å². The molecule has 4 heteroatoms. The molecule has 2 aromatic rings. The molecule has 0 aliphatic heterocycles. The van der Waals surface area contributed by atoms with E-state index in [-0.39, 0.29) is 6.04 Å². The minimum atomic E-state index is 0.157. The number of hydrogen-bond donors (Lipinski definition) is 1. The number of hydrogen-bond acceptors (Lipinski definition) is 3. The smallest absolute Gasteiger partial charge is 0.146 e. The summed E-state index contributed by atoms with van der Waals surface area (Å²) >= 11 is 0. The van der Waals surface area contributed by atoms with Gasteiger partial charge in [-0.25, -0.2) is 0 Å². The second-order valence-electron chi connectivity index (χ2n) is 5.12. The monoisotopic (exact) mass is 272 g/mol. The SMILES string of the molecule is COc1ccc(-n2ccc3c2CCCC3N)c(OC)c1. The molecule has 1 unspecified atom stereocenters. The van der Waals surface area contributed by atoms with Crippen molar-refractivity contribution in [3.63, 3.8) is 0 Å². The molecule has 0 radical (unpaired) electrons. The van der Waals surface area contributed by atoms with Gasteiger partial charge in [-0.2, -0.15) is 0 Å². The average Bonchev–Trinajstić information content (AvgIpc) is 2.91. The van der Waals surface area contributed by atoms with Gasteiger partial charge in [0.25, 0.3) is 0 Å². The maximum absolute atomic E-state index is 6.19. The van der Waals surface area contributed by atoms with Gasteiger partial charge in [0.05, 0.1) is 19.9 Å². The fourth-order valence-corrected chi connectivity index (χ4v) is 2.94. The van der Waals surface area contributed by atoms with E-state index in [1.165, 1.54) is 11.3 Å². The lowest BCUT2D eigenvalue weighted by Gasteiger charge is -2.21. The van der Waals surface area contributed by atoms with E-state index in [4.69, 9.17) is 15.2 Å². The number of benzene rings is 1. The molecule has 4 nitrogen and oxygen atoms in total. The minimum absolute atomic E-state index is 0.157. The molecule has 1 aliphatic rings. The van der Waals surface area contributed by atoms with Crippen molar-refractivity contribution in [1.29, 1.82) is 0 Å². The summed E-state index contributed by atoms with van der Waals surface area (Å²) in [5, 5.41) is 0. The molecule has 106 valence electrons. The van der Waals surface area contributed by atoms with E-state index in [0.717, 1.165) is 36.4 Å². The van der Waals surface area contributed by atoms with Crippen LogP contribution in [0.2, 0.25) is 0 Å². The highest BCUT2D eigenvalue weighted by Gasteiger charge is 2.21. The van der Waals surface area contributed by atoms with Crippen LogP contribution in [0.4, 0.5) is 0 Å². The van der Waals surface area contributed by atoms with Crippen molar-refractivity contribution in [3.05, 3.63) is 41.7 Å². The molecule has 2 N–H and O–H groups in total. The number of nitrogens with two attached hydrogens (primary N) is 1. The molecule has 0 saturated carbocycles. The molecule has 0 amide bonds. The van der Waals surface area contributed by atoms with Gasteiger partial charge in [0.1, 0.15) is 11.5 Å². The lowest BCUT2D eigenvalue weighted by atomic mass is 9.93. The molecule has 3 rings (SSSR count). The highest BCUT2D eigenvalue weighted by atomic mass is 16.5. The second kappa shape index (κ2) is 5.21. The van der Waals surface area contributed by atoms with E-state index < -0.39 is 0 Å². The van der Waals surface area contributed by atoms with Crippen LogP contribution in [-0.4, -0.2) is 18.8 Å². The largest absolute Gasteiger partial charge is 0.497 e. The number of fused-ring (bicyclic) bond motifs is 1. The molecule has 20 heavy (non-hydrogen) atoms. The molecular weight excluding hydrogens is 252 g/mol. The van der Waals surface area contributed by atoms with Gasteiger partial charge in [-0.05, 0) is 43.0 Å². The van der Waals surface area contributed by atoms with E-state index in [1.807, 2.05) is 18.2 Å². The zero-order chi connectivity index (χ0) is 14.1. The quantitative estimate of drug-likeness (QED) is 0.934. The van der Waals surface area contributed by atoms with Crippen LogP contribution in [0.5, 0.6) is 11.5 Å². The Bertz CT molecular complexity index is 619. The Morgan fingerprint density at radius 2 is 2.05 bits per heavy atom. The third-order valence-corrected chi connectivity index (χ3v) is 4.00. The summed E-state index contributed by atoms with van der Waals surface area (Å²) < 4.78 is 12.9. The predicted molar refractivity (Wildman–Crippen MR) is 78.7 cm³/mol. The van der Waals surface area contributed by atoms with Gasteiger partial charge in [0, 0.05) is 24.0 Å². The molecule has 0 spiro atoms. The fourth-order valence-electron chi connectivity index (χ4n) is 2.94. The van der Waals surface area contributed by atoms with Crippen molar-refractivity contribution >= 4 is 0 Å². The van der Waals surface area contributed by atoms with Crippen LogP contribution in [0.3, 0.4) is 0 Å². The van der Waals surface area contributed by atoms with Gasteiger partial charge in [-0.3, -0.25) is 0 Å². The number of rotatable bonds is 3. The van der Waals surface area contributed by atoms with E-state index in [1.54, 1.807) is 14.2 Å². The van der Waals surface area contributed by atoms with Crippen molar-refractivity contribution in [1.82, 2.24) is 4.57 Å². The summed E-state index contributed by atoms with van der Waals surface area (Å²) in [4.78, 5) is 0. The molecule has 0 saturated heterocycles. The molecule has 1 aliphatic carbocycles. The maximum Gasteiger partial charge on any atom is 0.146 e. The summed E-state index contributed by atoms with van der Waals surface area (Å²) in [6.45, 7) is 0. The average molecular weight is 272 g/mol. The van der Waals surface area contributed by atoms with Gasteiger partial charge in [-0.1, -0.05) is 0 Å². The Morgan fingerprint density at radius 1 is 1.20 bits per heavy atom. The van der Waals surface area contributed by atoms with Crippen LogP contribution in [0, 0.1) is 0 Å². The van der Waals surface area contributed by atoms with E-state index in [9.17, 15) is 0 Å². The fraction of sp³-hybridized carbons (Fsp3) is 0.375. The topological polar surface area (TPSA) is 49.4 Å². The van der Waals surface area contributed by atoms with Crippen LogP contribution in [0.25, 0.3) is 5.69 Å². The van der Waals surface area contributed by atoms with E-state index in [2.05, 4.69) is 16.8 Å². The van der Waals surface area contributed by atoms with E-state index >= 15 is 0 Å². The molecule has 0 bridgehead atoms. The standard InChI is InChI=1S/C16H20N2O2/c1-19-11-6-7-15(16(10-11)20-2)18-9-8-12-13(17)4-3-5-14(12)18/h6-10,13H,3-5,17H2,1-2H3. The van der Waals surface area contributed by atoms with Gasteiger partial charge >= 0.3 is 0 Å². The Hall–Kier alpha value is -1.94. The summed E-state index contributed by atoms with van der Waals surface area (Å²) in [6, 6.07) is 8.17. The summed E-state index contributed by atoms with van der Waals surface area (Å²) in [5.41, 5.74) is 9.78. The predicted octanol–water partition coefficient (Wildman–Crippen LogP) is 2.83. The van der Waals surface area contributed by atoms with Crippen molar-refractivity contribution in [3.8, 4) is 17.2 Å². The van der Waals surface area contributed by atoms with Gasteiger partial charge < -0.3 is 19.8 Å². The molecule has 1 aromatic carbocycles. The Labute approximate surface area is 119 Å². The molecular formula is C16H20N2O2. The first-order chi connectivity index (χ1) is 9.74. The minimum Gasteiger partial charge on any atom is -0.497 e. The first-order valence-corrected chi connectivity index (χ1v) is 6.92. The number of nitrogens with zero attached hydrogens (tertiary/aromatic N) is 1. The Kier molecular flexibility index (Phi) is 3.40. The molecule has 1 heterocycles. The number of ether oxygens (including phenoxy) is 2. The highest BCUT2D eigenvalue weighted by Crippen LogP contribution is 2.34. The maximum atomic E-state index is 6.19. The molecule has 1 aromatic heterocycles. The lowest BCUT2D eigenvalue weighted by molar-refractivity contribution is 0.393. The van der Waals surface area contributed by atoms with Crippen LogP contribution >= 0.6 is 0 Å². The lowest BCUT2D eigenvalue weighted by Crippen LogP contribution is -2.18. The van der Waals surface area contributed by atoms with Crippen molar-refractivity contribution < 1.29 is 9.47 Å². The molecule has 0 fully saturated rings. The van der Waals surface area contributed by atoms with Crippen molar-refractivity contribution in [2.24, 2.45) is 5.73 Å². The van der Waals surface area contributed by atoms with Crippen LogP contribution in [0.1, 0.15) is 30.1 Å². The summed E-state index contributed by atoms with van der Waals surface area (Å²) in [6.07, 6.45) is 5.35. The number of aromatic nitrogens is 1. The van der Waals surface area contributed by atoms with Crippen LogP contribution in [-0.2, 0) is 6.42 Å². The Balaban J connectivity index is 2.10. The van der Waals surface area contributed by atoms with Crippen molar-refractivity contribution in [2.75, 3.05) is 14.2 Å². The van der Waals surface area contributed by atoms with E-state index in [0.29, 0.717) is 0 Å². The zero-order valence-corrected chi connectivity index (χ0v) is 11.9. The zero-order valence-electron chi connectivity index (χ0n) is 11.9. The van der Waals surface area contributed by atoms with Gasteiger partial charge in [0.2, 0.25) is 0 Å². The van der Waals surface area contributed by atoms with Crippen LogP contribution in [0.15, 0.2) is 30.5 Å². The number of methoxy groups -OCH3 is 2. The van der Waals surface area contributed by atoms with Crippen molar-refractivity contribution in [2.45, 2.75) is 25.3 Å². The normalized spacial score (nSPS) is 17.6. The summed E-state index contributed by atoms with van der Waals surface area (Å²) in [7, 11) is 3.34. The second-order valence-corrected chi connectivity index (χ2v) is 5.12. The third-order valence-electron chi connectivity index (χ3n) is 4.00. The third kappa shape index (κ3) is 2.06. The first kappa shape index (κ1) is 13.1.